The van der Waals surface area contributed by atoms with Crippen molar-refractivity contribution in [3.8, 4) is 11.5 Å². The summed E-state index contributed by atoms with van der Waals surface area (Å²) in [5, 5.41) is 9.54. The zero-order valence-corrected chi connectivity index (χ0v) is 12.7. The Balaban J connectivity index is 2.70. The predicted molar refractivity (Wildman–Crippen MR) is 76.8 cm³/mol. The van der Waals surface area contributed by atoms with E-state index in [1.165, 1.54) is 0 Å². The fraction of sp³-hybridized carbons (Fsp3) is 0.562. The van der Waals surface area contributed by atoms with Crippen molar-refractivity contribution in [1.29, 1.82) is 0 Å². The van der Waals surface area contributed by atoms with Gasteiger partial charge in [0.25, 0.3) is 0 Å². The molecule has 1 aromatic rings. The van der Waals surface area contributed by atoms with E-state index in [1.807, 2.05) is 6.07 Å². The summed E-state index contributed by atoms with van der Waals surface area (Å²) in [5.41, 5.74) is 0.752. The lowest BCUT2D eigenvalue weighted by atomic mass is 9.82. The van der Waals surface area contributed by atoms with E-state index in [0.717, 1.165) is 11.1 Å². The second kappa shape index (κ2) is 4.69. The molecule has 4 heteroatoms. The van der Waals surface area contributed by atoms with Crippen molar-refractivity contribution in [2.75, 3.05) is 14.2 Å². The number of carbonyl (C=O) groups is 1. The SMILES string of the molecule is COc1cc(C(C)(C)C)c(OC)c(C2(C(=O)O)CC2)c1. The van der Waals surface area contributed by atoms with E-state index in [0.29, 0.717) is 24.3 Å². The molecule has 0 saturated heterocycles. The lowest BCUT2D eigenvalue weighted by molar-refractivity contribution is -0.140. The fourth-order valence-corrected chi connectivity index (χ4v) is 2.58. The number of benzene rings is 1. The van der Waals surface area contributed by atoms with Crippen molar-refractivity contribution in [3.05, 3.63) is 23.3 Å². The molecule has 0 aliphatic heterocycles. The van der Waals surface area contributed by atoms with E-state index in [2.05, 4.69) is 20.8 Å². The maximum atomic E-state index is 11.6. The molecule has 0 heterocycles. The second-order valence-corrected chi connectivity index (χ2v) is 6.39. The molecule has 110 valence electrons. The number of rotatable bonds is 4. The second-order valence-electron chi connectivity index (χ2n) is 6.39. The van der Waals surface area contributed by atoms with Gasteiger partial charge in [-0.2, -0.15) is 0 Å². The number of hydrogen-bond acceptors (Lipinski definition) is 3. The summed E-state index contributed by atoms with van der Waals surface area (Å²) < 4.78 is 10.9. The van der Waals surface area contributed by atoms with Gasteiger partial charge in [-0.15, -0.1) is 0 Å². The Bertz CT molecular complexity index is 536. The summed E-state index contributed by atoms with van der Waals surface area (Å²) in [6.07, 6.45) is 1.30. The number of hydrogen-bond donors (Lipinski definition) is 1. The smallest absolute Gasteiger partial charge is 0.314 e. The molecule has 0 bridgehead atoms. The quantitative estimate of drug-likeness (QED) is 0.919. The molecule has 2 rings (SSSR count). The lowest BCUT2D eigenvalue weighted by Crippen LogP contribution is -2.23. The van der Waals surface area contributed by atoms with Crippen LogP contribution < -0.4 is 9.47 Å². The molecule has 0 amide bonds. The minimum atomic E-state index is -0.806. The Kier molecular flexibility index (Phi) is 3.44. The van der Waals surface area contributed by atoms with Crippen LogP contribution in [0.5, 0.6) is 11.5 Å². The largest absolute Gasteiger partial charge is 0.497 e. The molecule has 0 aromatic heterocycles. The van der Waals surface area contributed by atoms with Gasteiger partial charge in [-0.3, -0.25) is 4.79 Å². The summed E-state index contributed by atoms with van der Waals surface area (Å²) in [7, 11) is 3.19. The van der Waals surface area contributed by atoms with Gasteiger partial charge in [0.1, 0.15) is 11.5 Å². The molecule has 1 aliphatic rings. The third kappa shape index (κ3) is 2.23. The Hall–Kier alpha value is -1.71. The van der Waals surface area contributed by atoms with Gasteiger partial charge < -0.3 is 14.6 Å². The topological polar surface area (TPSA) is 55.8 Å². The Morgan fingerprint density at radius 2 is 1.80 bits per heavy atom. The molecule has 0 unspecified atom stereocenters. The number of ether oxygens (including phenoxy) is 2. The predicted octanol–water partition coefficient (Wildman–Crippen LogP) is 3.12. The van der Waals surface area contributed by atoms with E-state index in [-0.39, 0.29) is 5.41 Å². The van der Waals surface area contributed by atoms with E-state index in [9.17, 15) is 9.90 Å². The van der Waals surface area contributed by atoms with Gasteiger partial charge in [-0.25, -0.2) is 0 Å². The number of carboxylic acid groups (broad SMARTS) is 1. The molecule has 1 aromatic carbocycles. The van der Waals surface area contributed by atoms with Crippen LogP contribution in [0.4, 0.5) is 0 Å². The third-order valence-corrected chi connectivity index (χ3v) is 3.99. The summed E-state index contributed by atoms with van der Waals surface area (Å²) in [4.78, 5) is 11.6. The zero-order chi connectivity index (χ0) is 15.1. The summed E-state index contributed by atoms with van der Waals surface area (Å²) in [5.74, 6) is 0.570. The van der Waals surface area contributed by atoms with Crippen LogP contribution in [-0.2, 0) is 15.6 Å². The van der Waals surface area contributed by atoms with Gasteiger partial charge in [0.15, 0.2) is 0 Å². The first kappa shape index (κ1) is 14.7. The van der Waals surface area contributed by atoms with E-state index in [4.69, 9.17) is 9.47 Å². The van der Waals surface area contributed by atoms with Gasteiger partial charge in [0.05, 0.1) is 19.6 Å². The molecule has 1 fully saturated rings. The van der Waals surface area contributed by atoms with Gasteiger partial charge in [-0.05, 0) is 30.4 Å². The molecule has 0 spiro atoms. The van der Waals surface area contributed by atoms with Crippen LogP contribution in [0.1, 0.15) is 44.7 Å². The van der Waals surface area contributed by atoms with Crippen molar-refractivity contribution in [2.24, 2.45) is 0 Å². The summed E-state index contributed by atoms with van der Waals surface area (Å²) in [6.45, 7) is 6.23. The molecule has 1 aliphatic carbocycles. The highest BCUT2D eigenvalue weighted by molar-refractivity contribution is 5.86. The van der Waals surface area contributed by atoms with Crippen LogP contribution in [0.25, 0.3) is 0 Å². The average Bonchev–Trinajstić information content (AvgIpc) is 3.17. The van der Waals surface area contributed by atoms with Crippen molar-refractivity contribution in [2.45, 2.75) is 44.4 Å². The summed E-state index contributed by atoms with van der Waals surface area (Å²) >= 11 is 0. The standard InChI is InChI=1S/C16H22O4/c1-15(2,3)11-8-10(19-4)9-12(13(11)20-5)16(6-7-16)14(17)18/h8-9H,6-7H2,1-5H3,(H,17,18). The molecule has 0 atom stereocenters. The minimum absolute atomic E-state index is 0.150. The van der Waals surface area contributed by atoms with Crippen LogP contribution in [0.2, 0.25) is 0 Å². The highest BCUT2D eigenvalue weighted by Crippen LogP contribution is 2.54. The first-order chi connectivity index (χ1) is 9.26. The molecular formula is C16H22O4. The van der Waals surface area contributed by atoms with Crippen LogP contribution >= 0.6 is 0 Å². The van der Waals surface area contributed by atoms with Gasteiger partial charge in [0, 0.05) is 11.1 Å². The van der Waals surface area contributed by atoms with Crippen molar-refractivity contribution in [3.63, 3.8) is 0 Å². The van der Waals surface area contributed by atoms with Crippen LogP contribution in [0.3, 0.4) is 0 Å². The first-order valence-electron chi connectivity index (χ1n) is 6.76. The first-order valence-corrected chi connectivity index (χ1v) is 6.76. The van der Waals surface area contributed by atoms with Crippen molar-refractivity contribution < 1.29 is 19.4 Å². The minimum Gasteiger partial charge on any atom is -0.497 e. The van der Waals surface area contributed by atoms with Gasteiger partial charge in [-0.1, -0.05) is 20.8 Å². The molecule has 1 N–H and O–H groups in total. The molecule has 20 heavy (non-hydrogen) atoms. The molecule has 1 saturated carbocycles. The Morgan fingerprint density at radius 1 is 1.20 bits per heavy atom. The molecule has 4 nitrogen and oxygen atoms in total. The van der Waals surface area contributed by atoms with Crippen molar-refractivity contribution >= 4 is 5.97 Å². The summed E-state index contributed by atoms with van der Waals surface area (Å²) in [6, 6.07) is 3.73. The zero-order valence-electron chi connectivity index (χ0n) is 12.7. The van der Waals surface area contributed by atoms with E-state index in [1.54, 1.807) is 20.3 Å². The van der Waals surface area contributed by atoms with Crippen LogP contribution in [-0.4, -0.2) is 25.3 Å². The highest BCUT2D eigenvalue weighted by Gasteiger charge is 2.54. The van der Waals surface area contributed by atoms with Gasteiger partial charge in [0.2, 0.25) is 0 Å². The van der Waals surface area contributed by atoms with Gasteiger partial charge >= 0.3 is 5.97 Å². The molecule has 0 radical (unpaired) electrons. The Labute approximate surface area is 119 Å². The van der Waals surface area contributed by atoms with E-state index >= 15 is 0 Å². The van der Waals surface area contributed by atoms with Crippen LogP contribution in [0, 0.1) is 0 Å². The third-order valence-electron chi connectivity index (χ3n) is 3.99. The number of aliphatic carboxylic acids is 1. The van der Waals surface area contributed by atoms with Crippen LogP contribution in [0.15, 0.2) is 12.1 Å². The molecular weight excluding hydrogens is 256 g/mol. The fourth-order valence-electron chi connectivity index (χ4n) is 2.58. The number of carboxylic acids is 1. The van der Waals surface area contributed by atoms with E-state index < -0.39 is 11.4 Å². The monoisotopic (exact) mass is 278 g/mol. The average molecular weight is 278 g/mol. The number of methoxy groups -OCH3 is 2. The Morgan fingerprint density at radius 3 is 2.15 bits per heavy atom. The lowest BCUT2D eigenvalue weighted by Gasteiger charge is -2.26. The maximum Gasteiger partial charge on any atom is 0.314 e. The highest BCUT2D eigenvalue weighted by atomic mass is 16.5. The van der Waals surface area contributed by atoms with Crippen molar-refractivity contribution in [1.82, 2.24) is 0 Å². The normalized spacial score (nSPS) is 16.6. The maximum absolute atomic E-state index is 11.6.